The number of ether oxygens (including phenoxy) is 1. The number of aryl methyl sites for hydroxylation is 1. The third-order valence-electron chi connectivity index (χ3n) is 4.59. The Bertz CT molecular complexity index is 888. The molecule has 1 atom stereocenters. The minimum atomic E-state index is -3.59. The van der Waals surface area contributed by atoms with Crippen molar-refractivity contribution in [1.82, 2.24) is 4.72 Å². The Hall–Kier alpha value is -2.22. The van der Waals surface area contributed by atoms with Crippen LogP contribution in [0.2, 0.25) is 0 Å². The third-order valence-corrected chi connectivity index (χ3v) is 6.03. The molecule has 1 aliphatic heterocycles. The van der Waals surface area contributed by atoms with Gasteiger partial charge in [-0.15, -0.1) is 0 Å². The quantitative estimate of drug-likeness (QED) is 0.764. The Morgan fingerprint density at radius 2 is 1.89 bits per heavy atom. The van der Waals surface area contributed by atoms with E-state index in [0.717, 1.165) is 24.0 Å². The van der Waals surface area contributed by atoms with Crippen LogP contribution >= 0.6 is 0 Å². The van der Waals surface area contributed by atoms with Gasteiger partial charge in [0.05, 0.1) is 17.4 Å². The maximum Gasteiger partial charge on any atom is 0.240 e. The van der Waals surface area contributed by atoms with Gasteiger partial charge in [0.25, 0.3) is 0 Å². The highest BCUT2D eigenvalue weighted by molar-refractivity contribution is 7.89. The lowest BCUT2D eigenvalue weighted by Gasteiger charge is -2.12. The fourth-order valence-corrected chi connectivity index (χ4v) is 4.06. The van der Waals surface area contributed by atoms with Gasteiger partial charge in [-0.3, -0.25) is 4.79 Å². The van der Waals surface area contributed by atoms with Crippen LogP contribution in [-0.4, -0.2) is 33.6 Å². The molecule has 144 valence electrons. The van der Waals surface area contributed by atoms with Crippen LogP contribution in [0, 0.1) is 6.92 Å². The van der Waals surface area contributed by atoms with Crippen LogP contribution in [0.3, 0.4) is 0 Å². The van der Waals surface area contributed by atoms with Gasteiger partial charge in [0.2, 0.25) is 15.9 Å². The number of amides is 1. The number of carbonyl (C=O) groups excluding carboxylic acids is 1. The molecule has 1 amide bonds. The minimum Gasteiger partial charge on any atom is -0.377 e. The Kier molecular flexibility index (Phi) is 6.26. The summed E-state index contributed by atoms with van der Waals surface area (Å²) in [7, 11) is -3.59. The number of anilines is 1. The molecule has 0 aliphatic carbocycles. The molecule has 1 fully saturated rings. The highest BCUT2D eigenvalue weighted by Gasteiger charge is 2.20. The van der Waals surface area contributed by atoms with Crippen LogP contribution in [0.5, 0.6) is 0 Å². The van der Waals surface area contributed by atoms with E-state index in [1.807, 2.05) is 31.2 Å². The van der Waals surface area contributed by atoms with Crippen molar-refractivity contribution in [2.24, 2.45) is 0 Å². The summed E-state index contributed by atoms with van der Waals surface area (Å²) in [6.45, 7) is 2.92. The standard InChI is InChI=1S/C20H24N2O4S/c1-15-5-2-3-6-16(15)13-20(23)22-17-8-10-19(11-9-17)27(24,25)21-14-18-7-4-12-26-18/h2-3,5-6,8-11,18,21H,4,7,12-14H2,1H3,(H,22,23). The highest BCUT2D eigenvalue weighted by Crippen LogP contribution is 2.16. The van der Waals surface area contributed by atoms with Crippen LogP contribution in [0.15, 0.2) is 53.4 Å². The van der Waals surface area contributed by atoms with Crippen LogP contribution < -0.4 is 10.0 Å². The van der Waals surface area contributed by atoms with Gasteiger partial charge in [-0.25, -0.2) is 13.1 Å². The first-order chi connectivity index (χ1) is 12.9. The maximum atomic E-state index is 12.3. The van der Waals surface area contributed by atoms with E-state index in [9.17, 15) is 13.2 Å². The van der Waals surface area contributed by atoms with Crippen molar-refractivity contribution in [3.05, 3.63) is 59.7 Å². The van der Waals surface area contributed by atoms with Gasteiger partial charge in [0.1, 0.15) is 0 Å². The van der Waals surface area contributed by atoms with Gasteiger partial charge in [-0.1, -0.05) is 24.3 Å². The first-order valence-corrected chi connectivity index (χ1v) is 10.5. The van der Waals surface area contributed by atoms with Gasteiger partial charge < -0.3 is 10.1 Å². The number of hydrogen-bond acceptors (Lipinski definition) is 4. The lowest BCUT2D eigenvalue weighted by atomic mass is 10.1. The second-order valence-electron chi connectivity index (χ2n) is 6.66. The first kappa shape index (κ1) is 19.5. The molecule has 2 N–H and O–H groups in total. The number of rotatable bonds is 7. The van der Waals surface area contributed by atoms with Crippen molar-refractivity contribution >= 4 is 21.6 Å². The molecule has 3 rings (SSSR count). The zero-order valence-corrected chi connectivity index (χ0v) is 16.1. The largest absolute Gasteiger partial charge is 0.377 e. The fraction of sp³-hybridized carbons (Fsp3) is 0.350. The van der Waals surface area contributed by atoms with E-state index < -0.39 is 10.0 Å². The lowest BCUT2D eigenvalue weighted by Crippen LogP contribution is -2.31. The van der Waals surface area contributed by atoms with Gasteiger partial charge >= 0.3 is 0 Å². The van der Waals surface area contributed by atoms with E-state index >= 15 is 0 Å². The van der Waals surface area contributed by atoms with E-state index in [0.29, 0.717) is 12.3 Å². The predicted molar refractivity (Wildman–Crippen MR) is 104 cm³/mol. The Morgan fingerprint density at radius 3 is 2.56 bits per heavy atom. The Labute approximate surface area is 160 Å². The van der Waals surface area contributed by atoms with E-state index in [1.54, 1.807) is 12.1 Å². The molecule has 2 aromatic rings. The molecule has 0 bridgehead atoms. The molecule has 1 heterocycles. The SMILES string of the molecule is Cc1ccccc1CC(=O)Nc1ccc(S(=O)(=O)NCC2CCCO2)cc1. The molecule has 1 unspecified atom stereocenters. The van der Waals surface area contributed by atoms with E-state index in [4.69, 9.17) is 4.74 Å². The summed E-state index contributed by atoms with van der Waals surface area (Å²) in [5.74, 6) is -0.142. The van der Waals surface area contributed by atoms with Crippen molar-refractivity contribution in [3.63, 3.8) is 0 Å². The monoisotopic (exact) mass is 388 g/mol. The topological polar surface area (TPSA) is 84.5 Å². The Balaban J connectivity index is 1.57. The number of benzene rings is 2. The first-order valence-electron chi connectivity index (χ1n) is 9.00. The number of hydrogen-bond donors (Lipinski definition) is 2. The van der Waals surface area contributed by atoms with Crippen molar-refractivity contribution in [2.75, 3.05) is 18.5 Å². The van der Waals surface area contributed by atoms with Crippen LogP contribution in [0.4, 0.5) is 5.69 Å². The van der Waals surface area contributed by atoms with E-state index in [2.05, 4.69) is 10.0 Å². The van der Waals surface area contributed by atoms with Crippen molar-refractivity contribution in [2.45, 2.75) is 37.2 Å². The molecule has 6 nitrogen and oxygen atoms in total. The summed E-state index contributed by atoms with van der Waals surface area (Å²) in [6.07, 6.45) is 2.05. The second-order valence-corrected chi connectivity index (χ2v) is 8.43. The molecule has 0 saturated carbocycles. The lowest BCUT2D eigenvalue weighted by molar-refractivity contribution is -0.115. The normalized spacial score (nSPS) is 17.0. The molecule has 1 saturated heterocycles. The van der Waals surface area contributed by atoms with Crippen molar-refractivity contribution < 1.29 is 17.9 Å². The zero-order chi connectivity index (χ0) is 19.3. The fourth-order valence-electron chi connectivity index (χ4n) is 3.00. The summed E-state index contributed by atoms with van der Waals surface area (Å²) in [4.78, 5) is 12.4. The molecule has 2 aromatic carbocycles. The van der Waals surface area contributed by atoms with Crippen LogP contribution in [0.1, 0.15) is 24.0 Å². The average molecular weight is 388 g/mol. The summed E-state index contributed by atoms with van der Waals surface area (Å²) in [6, 6.07) is 13.9. The van der Waals surface area contributed by atoms with E-state index in [1.165, 1.54) is 12.1 Å². The number of carbonyl (C=O) groups is 1. The average Bonchev–Trinajstić information content (AvgIpc) is 3.16. The molecule has 0 aromatic heterocycles. The predicted octanol–water partition coefficient (Wildman–Crippen LogP) is 2.63. The van der Waals surface area contributed by atoms with Gasteiger partial charge in [0, 0.05) is 18.8 Å². The van der Waals surface area contributed by atoms with E-state index in [-0.39, 0.29) is 29.9 Å². The smallest absolute Gasteiger partial charge is 0.240 e. The van der Waals surface area contributed by atoms with Gasteiger partial charge in [-0.2, -0.15) is 0 Å². The summed E-state index contributed by atoms with van der Waals surface area (Å²) in [5.41, 5.74) is 2.59. The molecule has 1 aliphatic rings. The second kappa shape index (κ2) is 8.65. The minimum absolute atomic E-state index is 0.0558. The number of nitrogens with one attached hydrogen (secondary N) is 2. The van der Waals surface area contributed by atoms with Crippen LogP contribution in [0.25, 0.3) is 0 Å². The van der Waals surface area contributed by atoms with Crippen molar-refractivity contribution in [3.8, 4) is 0 Å². The molecule has 7 heteroatoms. The highest BCUT2D eigenvalue weighted by atomic mass is 32.2. The van der Waals surface area contributed by atoms with Gasteiger partial charge in [0.15, 0.2) is 0 Å². The molecular formula is C20H24N2O4S. The molecule has 0 spiro atoms. The summed E-state index contributed by atoms with van der Waals surface area (Å²) in [5, 5.41) is 2.80. The summed E-state index contributed by atoms with van der Waals surface area (Å²) < 4.78 is 32.7. The molecular weight excluding hydrogens is 364 g/mol. The Morgan fingerprint density at radius 1 is 1.15 bits per heavy atom. The summed E-state index contributed by atoms with van der Waals surface area (Å²) >= 11 is 0. The molecule has 0 radical (unpaired) electrons. The number of sulfonamides is 1. The van der Waals surface area contributed by atoms with Crippen LogP contribution in [-0.2, 0) is 26.0 Å². The van der Waals surface area contributed by atoms with Gasteiger partial charge in [-0.05, 0) is 55.2 Å². The zero-order valence-electron chi connectivity index (χ0n) is 15.3. The maximum absolute atomic E-state index is 12.3. The van der Waals surface area contributed by atoms with Crippen molar-refractivity contribution in [1.29, 1.82) is 0 Å². The molecule has 27 heavy (non-hydrogen) atoms. The third kappa shape index (κ3) is 5.38.